The molecular formula is C20H20N4O. The maximum absolute atomic E-state index is 12.5. The van der Waals surface area contributed by atoms with Gasteiger partial charge in [0, 0.05) is 24.7 Å². The lowest BCUT2D eigenvalue weighted by molar-refractivity contribution is 0.0690. The Morgan fingerprint density at radius 1 is 1.08 bits per heavy atom. The number of carbonyl (C=O) groups is 1. The van der Waals surface area contributed by atoms with E-state index >= 15 is 0 Å². The minimum absolute atomic E-state index is 0.0562. The average molecular weight is 332 g/mol. The summed E-state index contributed by atoms with van der Waals surface area (Å²) in [6.07, 6.45) is 8.16. The number of aromatic nitrogens is 3. The molecule has 1 aliphatic heterocycles. The molecule has 4 rings (SSSR count). The van der Waals surface area contributed by atoms with E-state index in [1.807, 2.05) is 29.3 Å². The Kier molecular flexibility index (Phi) is 4.37. The Morgan fingerprint density at radius 2 is 1.92 bits per heavy atom. The molecule has 3 heterocycles. The van der Waals surface area contributed by atoms with Gasteiger partial charge in [-0.3, -0.25) is 9.78 Å². The predicted octanol–water partition coefficient (Wildman–Crippen LogP) is 3.12. The minimum atomic E-state index is 0.0562. The number of benzene rings is 1. The van der Waals surface area contributed by atoms with Crippen molar-refractivity contribution in [1.29, 1.82) is 0 Å². The summed E-state index contributed by atoms with van der Waals surface area (Å²) in [4.78, 5) is 18.9. The molecule has 0 bridgehead atoms. The lowest BCUT2D eigenvalue weighted by Gasteiger charge is -2.32. The number of nitrogens with zero attached hydrogens (tertiary/aromatic N) is 4. The van der Waals surface area contributed by atoms with Gasteiger partial charge in [0.25, 0.3) is 5.91 Å². The van der Waals surface area contributed by atoms with Crippen LogP contribution in [-0.2, 0) is 6.42 Å². The summed E-state index contributed by atoms with van der Waals surface area (Å²) in [6, 6.07) is 12.2. The van der Waals surface area contributed by atoms with E-state index in [-0.39, 0.29) is 5.91 Å². The quantitative estimate of drug-likeness (QED) is 0.739. The van der Waals surface area contributed by atoms with Gasteiger partial charge < -0.3 is 4.90 Å². The Balaban J connectivity index is 1.37. The van der Waals surface area contributed by atoms with Gasteiger partial charge in [-0.25, -0.2) is 0 Å². The van der Waals surface area contributed by atoms with E-state index in [1.165, 1.54) is 17.1 Å². The fraction of sp³-hybridized carbons (Fsp3) is 0.300. The summed E-state index contributed by atoms with van der Waals surface area (Å²) in [6.45, 7) is 1.60. The molecule has 0 aliphatic carbocycles. The molecule has 1 aromatic carbocycles. The molecule has 1 saturated heterocycles. The fourth-order valence-corrected chi connectivity index (χ4v) is 3.50. The molecule has 0 atom stereocenters. The van der Waals surface area contributed by atoms with Crippen LogP contribution in [0.2, 0.25) is 0 Å². The van der Waals surface area contributed by atoms with Crippen LogP contribution >= 0.6 is 0 Å². The highest BCUT2D eigenvalue weighted by Gasteiger charge is 2.24. The van der Waals surface area contributed by atoms with Gasteiger partial charge in [-0.15, -0.1) is 0 Å². The first kappa shape index (κ1) is 15.7. The van der Waals surface area contributed by atoms with E-state index in [0.29, 0.717) is 11.5 Å². The third-order valence-electron chi connectivity index (χ3n) is 4.90. The Bertz CT molecular complexity index is 873. The lowest BCUT2D eigenvalue weighted by Crippen LogP contribution is -2.39. The number of carbonyl (C=O) groups excluding carboxylic acids is 1. The second kappa shape index (κ2) is 6.97. The number of piperidine rings is 1. The van der Waals surface area contributed by atoms with Crippen molar-refractivity contribution in [3.63, 3.8) is 0 Å². The number of hydrogen-bond acceptors (Lipinski definition) is 4. The van der Waals surface area contributed by atoms with E-state index < -0.39 is 0 Å². The number of likely N-dealkylation sites (tertiary alicyclic amines) is 1. The van der Waals surface area contributed by atoms with Crippen molar-refractivity contribution in [2.24, 2.45) is 5.92 Å². The van der Waals surface area contributed by atoms with E-state index in [1.54, 1.807) is 12.3 Å². The van der Waals surface area contributed by atoms with Gasteiger partial charge in [0.15, 0.2) is 0 Å². The van der Waals surface area contributed by atoms with Gasteiger partial charge in [-0.05, 0) is 48.9 Å². The SMILES string of the molecule is O=C(c1ccnnc1)N1CCC(Cc2cnc3ccccc3c2)CC1. The molecule has 3 aromatic rings. The molecule has 1 fully saturated rings. The molecule has 0 N–H and O–H groups in total. The lowest BCUT2D eigenvalue weighted by atomic mass is 9.90. The molecule has 0 unspecified atom stereocenters. The van der Waals surface area contributed by atoms with Crippen molar-refractivity contribution in [2.45, 2.75) is 19.3 Å². The van der Waals surface area contributed by atoms with Crippen molar-refractivity contribution in [3.8, 4) is 0 Å². The first-order valence-corrected chi connectivity index (χ1v) is 8.69. The van der Waals surface area contributed by atoms with Crippen LogP contribution in [0.3, 0.4) is 0 Å². The molecule has 1 amide bonds. The summed E-state index contributed by atoms with van der Waals surface area (Å²) < 4.78 is 0. The minimum Gasteiger partial charge on any atom is -0.339 e. The number of amides is 1. The Morgan fingerprint density at radius 3 is 2.72 bits per heavy atom. The van der Waals surface area contributed by atoms with E-state index in [2.05, 4.69) is 27.3 Å². The second-order valence-corrected chi connectivity index (χ2v) is 6.61. The zero-order valence-corrected chi connectivity index (χ0v) is 14.0. The summed E-state index contributed by atoms with van der Waals surface area (Å²) in [7, 11) is 0. The maximum Gasteiger partial charge on any atom is 0.255 e. The van der Waals surface area contributed by atoms with Crippen molar-refractivity contribution >= 4 is 16.8 Å². The molecule has 0 radical (unpaired) electrons. The molecule has 0 spiro atoms. The van der Waals surface area contributed by atoms with Gasteiger partial charge in [-0.1, -0.05) is 18.2 Å². The highest BCUT2D eigenvalue weighted by atomic mass is 16.2. The molecule has 2 aromatic heterocycles. The fourth-order valence-electron chi connectivity index (χ4n) is 3.50. The van der Waals surface area contributed by atoms with Gasteiger partial charge >= 0.3 is 0 Å². The van der Waals surface area contributed by atoms with Crippen LogP contribution in [-0.4, -0.2) is 39.1 Å². The first-order valence-electron chi connectivity index (χ1n) is 8.69. The van der Waals surface area contributed by atoms with Crippen LogP contribution in [0.25, 0.3) is 10.9 Å². The molecule has 1 aliphatic rings. The summed E-state index contributed by atoms with van der Waals surface area (Å²) in [5, 5.41) is 8.71. The van der Waals surface area contributed by atoms with E-state index in [4.69, 9.17) is 0 Å². The standard InChI is InChI=1S/C20H20N4O/c25-20(18-5-8-22-23-14-18)24-9-6-15(7-10-24)11-16-12-17-3-1-2-4-19(17)21-13-16/h1-5,8,12-15H,6-7,9-11H2. The molecule has 126 valence electrons. The van der Waals surface area contributed by atoms with Crippen molar-refractivity contribution < 1.29 is 4.79 Å². The Labute approximate surface area is 146 Å². The zero-order valence-electron chi connectivity index (χ0n) is 14.0. The number of para-hydroxylation sites is 1. The number of pyridine rings is 1. The maximum atomic E-state index is 12.5. The first-order chi connectivity index (χ1) is 12.3. The van der Waals surface area contributed by atoms with E-state index in [9.17, 15) is 4.79 Å². The van der Waals surface area contributed by atoms with Crippen LogP contribution in [0, 0.1) is 5.92 Å². The Hall–Kier alpha value is -2.82. The molecule has 5 nitrogen and oxygen atoms in total. The second-order valence-electron chi connectivity index (χ2n) is 6.61. The highest BCUT2D eigenvalue weighted by molar-refractivity contribution is 5.93. The van der Waals surface area contributed by atoms with Crippen molar-refractivity contribution in [1.82, 2.24) is 20.1 Å². The molecular weight excluding hydrogens is 312 g/mol. The van der Waals surface area contributed by atoms with E-state index in [0.717, 1.165) is 37.9 Å². The van der Waals surface area contributed by atoms with Crippen LogP contribution < -0.4 is 0 Å². The van der Waals surface area contributed by atoms with Crippen molar-refractivity contribution in [2.75, 3.05) is 13.1 Å². The normalized spacial score (nSPS) is 15.4. The smallest absolute Gasteiger partial charge is 0.255 e. The third kappa shape index (κ3) is 3.50. The number of hydrogen-bond donors (Lipinski definition) is 0. The summed E-state index contributed by atoms with van der Waals surface area (Å²) >= 11 is 0. The molecule has 5 heteroatoms. The van der Waals surface area contributed by atoms with Crippen LogP contribution in [0.1, 0.15) is 28.8 Å². The zero-order chi connectivity index (χ0) is 17.1. The van der Waals surface area contributed by atoms with Crippen LogP contribution in [0.5, 0.6) is 0 Å². The number of fused-ring (bicyclic) bond motifs is 1. The van der Waals surface area contributed by atoms with Gasteiger partial charge in [0.2, 0.25) is 0 Å². The monoisotopic (exact) mass is 332 g/mol. The highest BCUT2D eigenvalue weighted by Crippen LogP contribution is 2.24. The molecule has 0 saturated carbocycles. The third-order valence-corrected chi connectivity index (χ3v) is 4.90. The van der Waals surface area contributed by atoms with Gasteiger partial charge in [-0.2, -0.15) is 10.2 Å². The summed E-state index contributed by atoms with van der Waals surface area (Å²) in [5.74, 6) is 0.656. The van der Waals surface area contributed by atoms with Gasteiger partial charge in [0.05, 0.1) is 23.5 Å². The topological polar surface area (TPSA) is 59.0 Å². The molecule has 25 heavy (non-hydrogen) atoms. The van der Waals surface area contributed by atoms with Gasteiger partial charge in [0.1, 0.15) is 0 Å². The largest absolute Gasteiger partial charge is 0.339 e. The van der Waals surface area contributed by atoms with Crippen LogP contribution in [0.15, 0.2) is 55.0 Å². The number of rotatable bonds is 3. The average Bonchev–Trinajstić information content (AvgIpc) is 2.69. The van der Waals surface area contributed by atoms with Crippen molar-refractivity contribution in [3.05, 3.63) is 66.1 Å². The summed E-state index contributed by atoms with van der Waals surface area (Å²) in [5.41, 5.74) is 2.94. The predicted molar refractivity (Wildman–Crippen MR) is 96.1 cm³/mol. The van der Waals surface area contributed by atoms with Crippen LogP contribution in [0.4, 0.5) is 0 Å².